The first-order valence-electron chi connectivity index (χ1n) is 8.36. The molecule has 0 fully saturated rings. The Morgan fingerprint density at radius 2 is 1.79 bits per heavy atom. The zero-order chi connectivity index (χ0) is 20.1. The second-order valence-electron chi connectivity index (χ2n) is 5.83. The van der Waals surface area contributed by atoms with Crippen LogP contribution in [0, 0.1) is 11.8 Å². The maximum absolute atomic E-state index is 10.9. The number of carboxylic acid groups (broad SMARTS) is 1. The maximum atomic E-state index is 10.9. The second-order valence-corrected chi connectivity index (χ2v) is 6.78. The van der Waals surface area contributed by atoms with Gasteiger partial charge in [-0.05, 0) is 35.2 Å². The van der Waals surface area contributed by atoms with Crippen LogP contribution in [0.5, 0.6) is 11.5 Å². The number of aliphatic hydroxyl groups excluding tert-OH is 1. The summed E-state index contributed by atoms with van der Waals surface area (Å²) in [6, 6.07) is 13.6. The van der Waals surface area contributed by atoms with Crippen molar-refractivity contribution >= 4 is 17.3 Å². The van der Waals surface area contributed by atoms with E-state index in [9.17, 15) is 9.90 Å². The van der Waals surface area contributed by atoms with Crippen LogP contribution in [0.25, 0.3) is 10.4 Å². The van der Waals surface area contributed by atoms with Crippen molar-refractivity contribution in [1.29, 1.82) is 0 Å². The van der Waals surface area contributed by atoms with Crippen molar-refractivity contribution in [3.63, 3.8) is 0 Å². The monoisotopic (exact) mass is 394 g/mol. The molecule has 1 heterocycles. The summed E-state index contributed by atoms with van der Waals surface area (Å²) in [7, 11) is 3.15. The van der Waals surface area contributed by atoms with Gasteiger partial charge in [0.15, 0.2) is 0 Å². The largest absolute Gasteiger partial charge is 0.496 e. The first-order chi connectivity index (χ1) is 13.5. The molecular weight excluding hydrogens is 376 g/mol. The Labute approximate surface area is 166 Å². The number of methoxy groups -OCH3 is 2. The quantitative estimate of drug-likeness (QED) is 0.634. The van der Waals surface area contributed by atoms with E-state index in [1.54, 1.807) is 43.8 Å². The first kappa shape index (κ1) is 19.5. The van der Waals surface area contributed by atoms with E-state index in [-0.39, 0.29) is 5.56 Å². The van der Waals surface area contributed by atoms with Gasteiger partial charge in [0, 0.05) is 16.5 Å². The van der Waals surface area contributed by atoms with E-state index < -0.39 is 12.1 Å². The normalized spacial score (nSPS) is 11.2. The highest BCUT2D eigenvalue weighted by Crippen LogP contribution is 2.38. The lowest BCUT2D eigenvalue weighted by Gasteiger charge is -2.11. The number of ether oxygens (including phenoxy) is 2. The van der Waals surface area contributed by atoms with Gasteiger partial charge in [-0.25, -0.2) is 4.79 Å². The maximum Gasteiger partial charge on any atom is 0.335 e. The van der Waals surface area contributed by atoms with Crippen LogP contribution >= 0.6 is 11.3 Å². The van der Waals surface area contributed by atoms with Crippen LogP contribution in [-0.4, -0.2) is 30.4 Å². The minimum Gasteiger partial charge on any atom is -0.496 e. The van der Waals surface area contributed by atoms with E-state index >= 15 is 0 Å². The molecule has 0 radical (unpaired) electrons. The summed E-state index contributed by atoms with van der Waals surface area (Å²) in [5.41, 5.74) is 2.18. The SMILES string of the molecule is COc1cc(OC)c(-c2cccs2)cc1C#CC(O)c1ccc(C(=O)O)cc1. The molecule has 0 aliphatic rings. The van der Waals surface area contributed by atoms with Crippen LogP contribution in [0.4, 0.5) is 0 Å². The molecule has 5 nitrogen and oxygen atoms in total. The number of rotatable bonds is 5. The van der Waals surface area contributed by atoms with Gasteiger partial charge in [-0.15, -0.1) is 11.3 Å². The number of thiophene rings is 1. The second kappa shape index (κ2) is 8.61. The Morgan fingerprint density at radius 1 is 1.07 bits per heavy atom. The molecule has 3 rings (SSSR count). The van der Waals surface area contributed by atoms with E-state index in [4.69, 9.17) is 14.6 Å². The van der Waals surface area contributed by atoms with Gasteiger partial charge in [0.2, 0.25) is 0 Å². The third-order valence-electron chi connectivity index (χ3n) is 4.13. The van der Waals surface area contributed by atoms with Crippen LogP contribution in [0.3, 0.4) is 0 Å². The molecular formula is C22H18O5S. The van der Waals surface area contributed by atoms with Crippen LogP contribution in [-0.2, 0) is 0 Å². The molecule has 28 heavy (non-hydrogen) atoms. The average Bonchev–Trinajstić information content (AvgIpc) is 3.26. The molecule has 1 atom stereocenters. The number of aromatic carboxylic acids is 1. The molecule has 0 aliphatic carbocycles. The average molecular weight is 394 g/mol. The van der Waals surface area contributed by atoms with Gasteiger partial charge in [-0.3, -0.25) is 0 Å². The molecule has 2 aromatic carbocycles. The Bertz CT molecular complexity index is 1030. The van der Waals surface area contributed by atoms with Crippen LogP contribution < -0.4 is 9.47 Å². The van der Waals surface area contributed by atoms with Crippen LogP contribution in [0.15, 0.2) is 53.9 Å². The summed E-state index contributed by atoms with van der Waals surface area (Å²) >= 11 is 1.59. The molecule has 0 spiro atoms. The Hall–Kier alpha value is -3.27. The fraction of sp³-hybridized carbons (Fsp3) is 0.136. The standard InChI is InChI=1S/C22H18O5S/c1-26-19-13-20(27-2)17(21-4-3-11-28-21)12-16(19)9-10-18(23)14-5-7-15(8-6-14)22(24)25/h3-8,11-13,18,23H,1-2H3,(H,24,25). The predicted octanol–water partition coefficient (Wildman–Crippen LogP) is 4.22. The van der Waals surface area contributed by atoms with Crippen molar-refractivity contribution in [3.8, 4) is 33.8 Å². The highest BCUT2D eigenvalue weighted by atomic mass is 32.1. The van der Waals surface area contributed by atoms with Gasteiger partial charge in [-0.2, -0.15) is 0 Å². The third-order valence-corrected chi connectivity index (χ3v) is 5.03. The number of hydrogen-bond donors (Lipinski definition) is 2. The lowest BCUT2D eigenvalue weighted by Crippen LogP contribution is -1.99. The van der Waals surface area contributed by atoms with E-state index in [0.717, 1.165) is 10.4 Å². The fourth-order valence-electron chi connectivity index (χ4n) is 2.66. The highest BCUT2D eigenvalue weighted by Gasteiger charge is 2.13. The van der Waals surface area contributed by atoms with Crippen molar-refractivity contribution in [1.82, 2.24) is 0 Å². The fourth-order valence-corrected chi connectivity index (χ4v) is 3.41. The number of aliphatic hydroxyl groups is 1. The van der Waals surface area contributed by atoms with Gasteiger partial charge in [-0.1, -0.05) is 30.0 Å². The number of carbonyl (C=O) groups is 1. The van der Waals surface area contributed by atoms with E-state index in [0.29, 0.717) is 22.6 Å². The molecule has 0 bridgehead atoms. The zero-order valence-electron chi connectivity index (χ0n) is 15.3. The third kappa shape index (κ3) is 4.17. The molecule has 0 saturated heterocycles. The molecule has 142 valence electrons. The first-order valence-corrected chi connectivity index (χ1v) is 9.24. The van der Waals surface area contributed by atoms with Gasteiger partial charge >= 0.3 is 5.97 Å². The molecule has 1 unspecified atom stereocenters. The summed E-state index contributed by atoms with van der Waals surface area (Å²) in [5.74, 6) is 5.95. The van der Waals surface area contributed by atoms with Crippen molar-refractivity contribution < 1.29 is 24.5 Å². The van der Waals surface area contributed by atoms with E-state index in [1.165, 1.54) is 12.1 Å². The molecule has 0 saturated carbocycles. The number of hydrogen-bond acceptors (Lipinski definition) is 5. The van der Waals surface area contributed by atoms with Gasteiger partial charge < -0.3 is 19.7 Å². The summed E-state index contributed by atoms with van der Waals surface area (Å²) in [5, 5.41) is 21.3. The van der Waals surface area contributed by atoms with Crippen LogP contribution in [0.2, 0.25) is 0 Å². The van der Waals surface area contributed by atoms with Crippen LogP contribution in [0.1, 0.15) is 27.6 Å². The molecule has 0 aliphatic heterocycles. The Balaban J connectivity index is 1.95. The molecule has 0 amide bonds. The molecule has 2 N–H and O–H groups in total. The van der Waals surface area contributed by atoms with Crippen molar-refractivity contribution in [2.45, 2.75) is 6.10 Å². The zero-order valence-corrected chi connectivity index (χ0v) is 16.1. The Morgan fingerprint density at radius 3 is 2.36 bits per heavy atom. The van der Waals surface area contributed by atoms with Gasteiger partial charge in [0.05, 0.1) is 25.3 Å². The van der Waals surface area contributed by atoms with E-state index in [1.807, 2.05) is 23.6 Å². The molecule has 3 aromatic rings. The number of benzene rings is 2. The predicted molar refractivity (Wildman–Crippen MR) is 108 cm³/mol. The van der Waals surface area contributed by atoms with Gasteiger partial charge in [0.1, 0.15) is 17.6 Å². The number of carboxylic acids is 1. The summed E-state index contributed by atoms with van der Waals surface area (Å²) in [6.07, 6.45) is -1.06. The summed E-state index contributed by atoms with van der Waals surface area (Å²) in [4.78, 5) is 12.0. The van der Waals surface area contributed by atoms with Crippen molar-refractivity contribution in [2.24, 2.45) is 0 Å². The summed E-state index contributed by atoms with van der Waals surface area (Å²) in [6.45, 7) is 0. The molecule has 6 heteroatoms. The summed E-state index contributed by atoms with van der Waals surface area (Å²) < 4.78 is 10.9. The highest BCUT2D eigenvalue weighted by molar-refractivity contribution is 7.13. The smallest absolute Gasteiger partial charge is 0.335 e. The topological polar surface area (TPSA) is 76.0 Å². The van der Waals surface area contributed by atoms with Gasteiger partial charge in [0.25, 0.3) is 0 Å². The molecule has 1 aromatic heterocycles. The Kier molecular flexibility index (Phi) is 5.99. The lowest BCUT2D eigenvalue weighted by atomic mass is 10.0. The van der Waals surface area contributed by atoms with E-state index in [2.05, 4.69) is 11.8 Å². The van der Waals surface area contributed by atoms with Crippen molar-refractivity contribution in [3.05, 3.63) is 70.6 Å². The van der Waals surface area contributed by atoms with Crippen molar-refractivity contribution in [2.75, 3.05) is 14.2 Å². The lowest BCUT2D eigenvalue weighted by molar-refractivity contribution is 0.0696. The minimum atomic E-state index is -1.06. The minimum absolute atomic E-state index is 0.154.